The maximum absolute atomic E-state index is 13.3. The van der Waals surface area contributed by atoms with Gasteiger partial charge in [-0.25, -0.2) is 9.67 Å². The van der Waals surface area contributed by atoms with Gasteiger partial charge in [0.2, 0.25) is 5.91 Å². The zero-order chi connectivity index (χ0) is 18.3. The minimum absolute atomic E-state index is 0.0340. The third-order valence-corrected chi connectivity index (χ3v) is 5.58. The number of hydrogen-bond donors (Lipinski definition) is 0. The van der Waals surface area contributed by atoms with E-state index < -0.39 is 5.92 Å². The summed E-state index contributed by atoms with van der Waals surface area (Å²) in [7, 11) is 0. The minimum Gasteiger partial charge on any atom is -0.378 e. The number of halogens is 2. The second-order valence-electron chi connectivity index (χ2n) is 6.42. The zero-order valence-corrected chi connectivity index (χ0v) is 15.7. The third-order valence-electron chi connectivity index (χ3n) is 4.84. The summed E-state index contributed by atoms with van der Waals surface area (Å²) in [5.74, 6) is 0.314. The van der Waals surface area contributed by atoms with Crippen molar-refractivity contribution < 1.29 is 9.53 Å². The van der Waals surface area contributed by atoms with Crippen molar-refractivity contribution in [3.8, 4) is 0 Å². The molecule has 136 valence electrons. The Morgan fingerprint density at radius 2 is 1.96 bits per heavy atom. The van der Waals surface area contributed by atoms with Crippen molar-refractivity contribution in [2.24, 2.45) is 10.9 Å². The molecule has 1 amide bonds. The van der Waals surface area contributed by atoms with Gasteiger partial charge in [0.05, 0.1) is 35.5 Å². The van der Waals surface area contributed by atoms with Gasteiger partial charge < -0.3 is 9.64 Å². The smallest absolute Gasteiger partial charge is 0.234 e. The van der Waals surface area contributed by atoms with Crippen molar-refractivity contribution in [1.29, 1.82) is 0 Å². The SMILES string of the molecule is CC1=Nc2ccnn2C(c2ccc(Cl)c(Cl)c2)C1C(=O)N1CCOCC1. The molecule has 0 radical (unpaired) electrons. The maximum Gasteiger partial charge on any atom is 0.234 e. The fourth-order valence-electron chi connectivity index (χ4n) is 3.55. The highest BCUT2D eigenvalue weighted by molar-refractivity contribution is 6.42. The van der Waals surface area contributed by atoms with Gasteiger partial charge in [0.25, 0.3) is 0 Å². The Labute approximate surface area is 161 Å². The van der Waals surface area contributed by atoms with Gasteiger partial charge in [0.1, 0.15) is 5.92 Å². The Bertz CT molecular complexity index is 874. The zero-order valence-electron chi connectivity index (χ0n) is 14.2. The predicted molar refractivity (Wildman–Crippen MR) is 100 cm³/mol. The van der Waals surface area contributed by atoms with Crippen LogP contribution in [0.4, 0.5) is 5.82 Å². The number of rotatable bonds is 2. The molecule has 0 aliphatic carbocycles. The molecule has 1 saturated heterocycles. The predicted octanol–water partition coefficient (Wildman–Crippen LogP) is 3.36. The van der Waals surface area contributed by atoms with Crippen LogP contribution < -0.4 is 0 Å². The highest BCUT2D eigenvalue weighted by atomic mass is 35.5. The molecule has 0 N–H and O–H groups in total. The molecule has 8 heteroatoms. The first-order valence-electron chi connectivity index (χ1n) is 8.46. The first-order chi connectivity index (χ1) is 12.6. The Kier molecular flexibility index (Phi) is 4.73. The Hall–Kier alpha value is -1.89. The van der Waals surface area contributed by atoms with Crippen molar-refractivity contribution in [1.82, 2.24) is 14.7 Å². The Morgan fingerprint density at radius 3 is 2.69 bits per heavy atom. The highest BCUT2D eigenvalue weighted by Crippen LogP contribution is 2.38. The van der Waals surface area contributed by atoms with Crippen LogP contribution in [0.15, 0.2) is 35.5 Å². The van der Waals surface area contributed by atoms with Gasteiger partial charge in [-0.2, -0.15) is 5.10 Å². The molecule has 1 fully saturated rings. The van der Waals surface area contributed by atoms with Crippen LogP contribution in [0, 0.1) is 5.92 Å². The van der Waals surface area contributed by atoms with Crippen LogP contribution >= 0.6 is 23.2 Å². The molecule has 2 aliphatic heterocycles. The van der Waals surface area contributed by atoms with E-state index >= 15 is 0 Å². The van der Waals surface area contributed by atoms with Gasteiger partial charge in [0.15, 0.2) is 5.82 Å². The molecule has 2 aromatic rings. The molecule has 2 unspecified atom stereocenters. The molecule has 1 aromatic carbocycles. The average molecular weight is 393 g/mol. The minimum atomic E-state index is -0.447. The largest absolute Gasteiger partial charge is 0.378 e. The second-order valence-corrected chi connectivity index (χ2v) is 7.24. The van der Waals surface area contributed by atoms with E-state index in [1.54, 1.807) is 23.0 Å². The number of benzene rings is 1. The number of carbonyl (C=O) groups excluding carboxylic acids is 1. The maximum atomic E-state index is 13.3. The molecule has 4 rings (SSSR count). The van der Waals surface area contributed by atoms with Gasteiger partial charge in [-0.1, -0.05) is 29.3 Å². The lowest BCUT2D eigenvalue weighted by Crippen LogP contribution is -2.48. The van der Waals surface area contributed by atoms with Crippen molar-refractivity contribution in [3.05, 3.63) is 46.1 Å². The lowest BCUT2D eigenvalue weighted by molar-refractivity contribution is -0.138. The third kappa shape index (κ3) is 3.02. The molecule has 1 aromatic heterocycles. The monoisotopic (exact) mass is 392 g/mol. The molecule has 0 bridgehead atoms. The van der Waals surface area contributed by atoms with E-state index in [1.165, 1.54) is 0 Å². The van der Waals surface area contributed by atoms with Crippen LogP contribution in [-0.2, 0) is 9.53 Å². The highest BCUT2D eigenvalue weighted by Gasteiger charge is 2.40. The van der Waals surface area contributed by atoms with Gasteiger partial charge in [-0.15, -0.1) is 0 Å². The molecule has 3 heterocycles. The lowest BCUT2D eigenvalue weighted by Gasteiger charge is -2.36. The van der Waals surface area contributed by atoms with E-state index in [2.05, 4.69) is 10.1 Å². The van der Waals surface area contributed by atoms with Crippen molar-refractivity contribution in [2.75, 3.05) is 26.3 Å². The number of nitrogens with zero attached hydrogens (tertiary/aromatic N) is 4. The molecule has 26 heavy (non-hydrogen) atoms. The number of hydrogen-bond acceptors (Lipinski definition) is 4. The van der Waals surface area contributed by atoms with Crippen molar-refractivity contribution >= 4 is 40.6 Å². The molecular formula is C18H18Cl2N4O2. The van der Waals surface area contributed by atoms with Crippen LogP contribution in [0.5, 0.6) is 0 Å². The average Bonchev–Trinajstić information content (AvgIpc) is 3.11. The summed E-state index contributed by atoms with van der Waals surface area (Å²) < 4.78 is 7.16. The van der Waals surface area contributed by atoms with E-state index in [9.17, 15) is 4.79 Å². The summed E-state index contributed by atoms with van der Waals surface area (Å²) >= 11 is 12.3. The van der Waals surface area contributed by atoms with Crippen molar-refractivity contribution in [3.63, 3.8) is 0 Å². The number of amides is 1. The van der Waals surface area contributed by atoms with Gasteiger partial charge in [0, 0.05) is 24.9 Å². The fourth-order valence-corrected chi connectivity index (χ4v) is 3.86. The Balaban J connectivity index is 1.79. The lowest BCUT2D eigenvalue weighted by atomic mass is 9.87. The second kappa shape index (κ2) is 7.02. The van der Waals surface area contributed by atoms with Crippen LogP contribution in [0.2, 0.25) is 10.0 Å². The van der Waals surface area contributed by atoms with Crippen LogP contribution in [0.25, 0.3) is 0 Å². The van der Waals surface area contributed by atoms with E-state index in [-0.39, 0.29) is 11.9 Å². The topological polar surface area (TPSA) is 59.7 Å². The van der Waals surface area contributed by atoms with E-state index in [0.717, 1.165) is 17.1 Å². The molecule has 2 aliphatic rings. The molecule has 2 atom stereocenters. The number of aromatic nitrogens is 2. The van der Waals surface area contributed by atoms with Gasteiger partial charge >= 0.3 is 0 Å². The van der Waals surface area contributed by atoms with Crippen LogP contribution in [0.1, 0.15) is 18.5 Å². The summed E-state index contributed by atoms with van der Waals surface area (Å²) in [4.78, 5) is 19.8. The van der Waals surface area contributed by atoms with Crippen LogP contribution in [0.3, 0.4) is 0 Å². The Morgan fingerprint density at radius 1 is 1.19 bits per heavy atom. The fraction of sp³-hybridized carbons (Fsp3) is 0.389. The number of fused-ring (bicyclic) bond motifs is 1. The summed E-state index contributed by atoms with van der Waals surface area (Å²) in [6, 6.07) is 6.96. The number of carbonyl (C=O) groups is 1. The van der Waals surface area contributed by atoms with E-state index in [0.29, 0.717) is 36.3 Å². The number of aliphatic imine (C=N–C) groups is 1. The van der Waals surface area contributed by atoms with E-state index in [1.807, 2.05) is 24.0 Å². The first-order valence-corrected chi connectivity index (χ1v) is 9.22. The summed E-state index contributed by atoms with van der Waals surface area (Å²) in [6.45, 7) is 4.17. The molecular weight excluding hydrogens is 375 g/mol. The summed E-state index contributed by atoms with van der Waals surface area (Å²) in [6.07, 6.45) is 1.69. The standard InChI is InChI=1S/C18H18Cl2N4O2/c1-11-16(18(25)23-6-8-26-9-7-23)17(24-15(22-11)4-5-21-24)12-2-3-13(19)14(20)10-12/h2-5,10,16-17H,6-9H2,1H3. The first kappa shape index (κ1) is 17.5. The van der Waals surface area contributed by atoms with Crippen LogP contribution in [-0.4, -0.2) is 52.6 Å². The molecule has 0 spiro atoms. The summed E-state index contributed by atoms with van der Waals surface area (Å²) in [5.41, 5.74) is 1.65. The van der Waals surface area contributed by atoms with Gasteiger partial charge in [-0.3, -0.25) is 4.79 Å². The molecule has 0 saturated carbocycles. The van der Waals surface area contributed by atoms with Crippen molar-refractivity contribution in [2.45, 2.75) is 13.0 Å². The van der Waals surface area contributed by atoms with Gasteiger partial charge in [-0.05, 0) is 24.6 Å². The number of ether oxygens (including phenoxy) is 1. The summed E-state index contributed by atoms with van der Waals surface area (Å²) in [5, 5.41) is 5.35. The number of morpholine rings is 1. The normalized spacial score (nSPS) is 22.7. The van der Waals surface area contributed by atoms with E-state index in [4.69, 9.17) is 27.9 Å². The molecule has 6 nitrogen and oxygen atoms in total. The quantitative estimate of drug-likeness (QED) is 0.786.